The Bertz CT molecular complexity index is 2500. The Morgan fingerprint density at radius 3 is 2.63 bits per heavy atom. The Kier molecular flexibility index (Phi) is 11.0. The molecular formula is C44H49N9O6. The molecule has 2 atom stereocenters. The first-order valence-electron chi connectivity index (χ1n) is 20.4. The van der Waals surface area contributed by atoms with Crippen molar-refractivity contribution in [2.45, 2.75) is 89.4 Å². The van der Waals surface area contributed by atoms with Crippen LogP contribution in [0.25, 0.3) is 16.9 Å². The van der Waals surface area contributed by atoms with Crippen LogP contribution in [-0.4, -0.2) is 78.3 Å². The number of carbonyl (C=O) groups excluding carboxylic acids is 3. The Morgan fingerprint density at radius 2 is 1.85 bits per heavy atom. The predicted octanol–water partition coefficient (Wildman–Crippen LogP) is 5.29. The molecule has 306 valence electrons. The van der Waals surface area contributed by atoms with Crippen LogP contribution in [0.5, 0.6) is 5.75 Å². The summed E-state index contributed by atoms with van der Waals surface area (Å²) in [6.45, 7) is 7.73. The largest absolute Gasteiger partial charge is 0.493 e. The van der Waals surface area contributed by atoms with Gasteiger partial charge in [-0.15, -0.1) is 6.58 Å². The van der Waals surface area contributed by atoms with Gasteiger partial charge in [0.25, 0.3) is 11.5 Å². The molecule has 15 nitrogen and oxygen atoms in total. The summed E-state index contributed by atoms with van der Waals surface area (Å²) in [7, 11) is 2.07. The second-order valence-corrected chi connectivity index (χ2v) is 15.5. The van der Waals surface area contributed by atoms with E-state index in [1.165, 1.54) is 10.9 Å². The van der Waals surface area contributed by atoms with Gasteiger partial charge in [-0.2, -0.15) is 4.98 Å². The minimum atomic E-state index is -1.00. The van der Waals surface area contributed by atoms with Gasteiger partial charge in [0.1, 0.15) is 22.8 Å². The number of fused-ring (bicyclic) bond motifs is 3. The lowest BCUT2D eigenvalue weighted by Gasteiger charge is -2.29. The fourth-order valence-corrected chi connectivity index (χ4v) is 8.35. The van der Waals surface area contributed by atoms with Crippen molar-refractivity contribution in [3.63, 3.8) is 0 Å². The van der Waals surface area contributed by atoms with Crippen LogP contribution < -0.4 is 25.8 Å². The molecule has 3 aliphatic rings. The fraction of sp³-hybridized carbons (Fsp3) is 0.386. The molecule has 5 heterocycles. The van der Waals surface area contributed by atoms with Crippen molar-refractivity contribution in [2.75, 3.05) is 30.4 Å². The van der Waals surface area contributed by atoms with Gasteiger partial charge in [-0.1, -0.05) is 38.0 Å². The zero-order chi connectivity index (χ0) is 41.3. The van der Waals surface area contributed by atoms with E-state index in [2.05, 4.69) is 34.1 Å². The molecule has 3 aromatic heterocycles. The van der Waals surface area contributed by atoms with E-state index in [9.17, 15) is 24.3 Å². The van der Waals surface area contributed by atoms with Crippen LogP contribution in [0.2, 0.25) is 0 Å². The molecule has 0 spiro atoms. The van der Waals surface area contributed by atoms with Gasteiger partial charge in [-0.25, -0.2) is 19.3 Å². The number of ether oxygens (including phenoxy) is 1. The van der Waals surface area contributed by atoms with Gasteiger partial charge in [-0.3, -0.25) is 24.5 Å². The van der Waals surface area contributed by atoms with Gasteiger partial charge in [0.05, 0.1) is 25.4 Å². The van der Waals surface area contributed by atoms with Crippen molar-refractivity contribution >= 4 is 46.1 Å². The number of carbonyl (C=O) groups is 3. The highest BCUT2D eigenvalue weighted by Crippen LogP contribution is 2.39. The molecule has 59 heavy (non-hydrogen) atoms. The summed E-state index contributed by atoms with van der Waals surface area (Å²) in [5.74, 6) is 0.553. The third-order valence-corrected chi connectivity index (χ3v) is 11.7. The molecule has 1 unspecified atom stereocenters. The lowest BCUT2D eigenvalue weighted by atomic mass is 9.98. The highest BCUT2D eigenvalue weighted by molar-refractivity contribution is 6.05. The van der Waals surface area contributed by atoms with E-state index in [4.69, 9.17) is 14.7 Å². The lowest BCUT2D eigenvalue weighted by molar-refractivity contribution is -0.136. The number of aryl methyl sites for hydroxylation is 1. The molecule has 8 rings (SSSR count). The minimum Gasteiger partial charge on any atom is -0.493 e. The molecule has 2 aliphatic heterocycles. The van der Waals surface area contributed by atoms with Crippen LogP contribution in [-0.2, 0) is 34.7 Å². The maximum atomic E-state index is 13.5. The predicted molar refractivity (Wildman–Crippen MR) is 223 cm³/mol. The van der Waals surface area contributed by atoms with E-state index in [0.29, 0.717) is 65.7 Å². The highest BCUT2D eigenvalue weighted by atomic mass is 16.5. The molecule has 0 bridgehead atoms. The van der Waals surface area contributed by atoms with Gasteiger partial charge >= 0.3 is 0 Å². The molecule has 1 fully saturated rings. The number of aliphatic hydroxyl groups is 1. The number of pyridine rings is 1. The normalized spacial score (nSPS) is 18.5. The highest BCUT2D eigenvalue weighted by Gasteiger charge is 2.40. The molecule has 0 radical (unpaired) electrons. The van der Waals surface area contributed by atoms with Crippen molar-refractivity contribution in [2.24, 2.45) is 0 Å². The van der Waals surface area contributed by atoms with E-state index in [0.717, 1.165) is 61.2 Å². The Labute approximate surface area is 341 Å². The number of hydrogen-bond donors (Lipinski definition) is 3. The van der Waals surface area contributed by atoms with Crippen LogP contribution in [0.4, 0.5) is 17.3 Å². The van der Waals surface area contributed by atoms with Crippen LogP contribution in [0.1, 0.15) is 85.5 Å². The van der Waals surface area contributed by atoms with Crippen molar-refractivity contribution in [1.82, 2.24) is 34.5 Å². The number of amides is 3. The first kappa shape index (κ1) is 39.5. The number of piperidine rings is 1. The molecule has 1 aliphatic carbocycles. The molecule has 0 saturated carbocycles. The van der Waals surface area contributed by atoms with Crippen molar-refractivity contribution in [3.05, 3.63) is 106 Å². The summed E-state index contributed by atoms with van der Waals surface area (Å²) in [6.07, 6.45) is 9.53. The topological polar surface area (TPSA) is 177 Å². The first-order valence-corrected chi connectivity index (χ1v) is 20.4. The van der Waals surface area contributed by atoms with Crippen LogP contribution >= 0.6 is 0 Å². The van der Waals surface area contributed by atoms with Crippen molar-refractivity contribution in [3.8, 4) is 11.6 Å². The number of aromatic nitrogens is 5. The summed E-state index contributed by atoms with van der Waals surface area (Å²) < 4.78 is 9.34. The van der Waals surface area contributed by atoms with Crippen molar-refractivity contribution < 1.29 is 24.2 Å². The SMILES string of the molecule is C=CCn1c(=O)c2cnc(Nc3ccc(N(C)CCCCCCOc4cccc5c4CN(C4CCC(=O)NC4=O)C5=O)cc3)nc2n1-c1ccc2c(n1)[C@@](O)(CC)CC2. The second kappa shape index (κ2) is 16.5. The molecular weight excluding hydrogens is 751 g/mol. The summed E-state index contributed by atoms with van der Waals surface area (Å²) in [5.41, 5.74) is 4.01. The number of rotatable bonds is 16. The van der Waals surface area contributed by atoms with E-state index >= 15 is 0 Å². The Morgan fingerprint density at radius 1 is 1.03 bits per heavy atom. The average molecular weight is 800 g/mol. The number of nitrogens with zero attached hydrogens (tertiary/aromatic N) is 7. The number of benzene rings is 2. The summed E-state index contributed by atoms with van der Waals surface area (Å²) in [4.78, 5) is 68.5. The second-order valence-electron chi connectivity index (χ2n) is 15.5. The minimum absolute atomic E-state index is 0.207. The number of imide groups is 1. The molecule has 3 N–H and O–H groups in total. The zero-order valence-electron chi connectivity index (χ0n) is 33.4. The zero-order valence-corrected chi connectivity index (χ0v) is 33.4. The van der Waals surface area contributed by atoms with Crippen LogP contribution in [0.15, 0.2) is 78.2 Å². The number of anilines is 3. The maximum Gasteiger partial charge on any atom is 0.278 e. The molecule has 2 aromatic carbocycles. The quantitative estimate of drug-likeness (QED) is 0.0672. The molecule has 3 amide bonds. The van der Waals surface area contributed by atoms with Crippen LogP contribution in [0.3, 0.4) is 0 Å². The smallest absolute Gasteiger partial charge is 0.278 e. The number of unbranched alkanes of at least 4 members (excludes halogenated alkanes) is 3. The molecule has 1 saturated heterocycles. The van der Waals surface area contributed by atoms with E-state index in [-0.39, 0.29) is 36.9 Å². The lowest BCUT2D eigenvalue weighted by Crippen LogP contribution is -2.52. The van der Waals surface area contributed by atoms with E-state index < -0.39 is 17.6 Å². The summed E-state index contributed by atoms with van der Waals surface area (Å²) in [6, 6.07) is 16.6. The monoisotopic (exact) mass is 799 g/mol. The number of hydrogen-bond acceptors (Lipinski definition) is 11. The van der Waals surface area contributed by atoms with Gasteiger partial charge in [0.15, 0.2) is 11.5 Å². The third-order valence-electron chi connectivity index (χ3n) is 11.7. The van der Waals surface area contributed by atoms with Gasteiger partial charge in [0, 0.05) is 48.7 Å². The van der Waals surface area contributed by atoms with Crippen molar-refractivity contribution in [1.29, 1.82) is 0 Å². The Hall–Kier alpha value is -6.35. The fourth-order valence-electron chi connectivity index (χ4n) is 8.35. The Balaban J connectivity index is 0.835. The average Bonchev–Trinajstić information content (AvgIpc) is 3.85. The summed E-state index contributed by atoms with van der Waals surface area (Å²) >= 11 is 0. The molecule has 5 aromatic rings. The number of allylic oxidation sites excluding steroid dienone is 1. The van der Waals surface area contributed by atoms with E-state index in [1.54, 1.807) is 27.8 Å². The first-order chi connectivity index (χ1) is 28.6. The molecule has 15 heteroatoms. The van der Waals surface area contributed by atoms with Gasteiger partial charge in [-0.05, 0) is 86.6 Å². The van der Waals surface area contributed by atoms with Crippen LogP contribution in [0, 0.1) is 0 Å². The van der Waals surface area contributed by atoms with Gasteiger partial charge in [0.2, 0.25) is 17.8 Å². The van der Waals surface area contributed by atoms with Gasteiger partial charge < -0.3 is 25.0 Å². The summed E-state index contributed by atoms with van der Waals surface area (Å²) in [5, 5.41) is 17.2. The van der Waals surface area contributed by atoms with E-state index in [1.807, 2.05) is 49.4 Å². The number of nitrogens with one attached hydrogen (secondary N) is 2. The third kappa shape index (κ3) is 7.69. The maximum absolute atomic E-state index is 13.5. The standard InChI is InChI=1S/C44H49N9O6/c1-4-23-52-42(57)32-26-45-43(49-39(32)53(52)36-19-13-28-21-22-44(58,5-2)38(28)47-36)46-29-14-16-30(17-15-29)50(3)24-8-6-7-9-25-59-35-12-10-11-31-33(35)27-51(41(31)56)34-18-20-37(54)48-40(34)55/h4,10-17,19,26,34,58H,1,5-9,18,20-25,27H2,2-3H3,(H,45,46,49)(H,48,54,55)/t34?,44-/m1/s1.